The van der Waals surface area contributed by atoms with Crippen LogP contribution in [-0.2, 0) is 9.53 Å². The average Bonchev–Trinajstić information content (AvgIpc) is 2.42. The first-order valence-corrected chi connectivity index (χ1v) is 6.05. The molecular weight excluding hydrogens is 287 g/mol. The lowest BCUT2D eigenvalue weighted by atomic mass is 10.2. The van der Waals surface area contributed by atoms with Crippen molar-refractivity contribution in [2.24, 2.45) is 0 Å². The molecule has 7 heteroatoms. The van der Waals surface area contributed by atoms with E-state index in [0.717, 1.165) is 0 Å². The van der Waals surface area contributed by atoms with Gasteiger partial charge >= 0.3 is 6.18 Å². The van der Waals surface area contributed by atoms with Crippen molar-refractivity contribution in [2.75, 3.05) is 25.1 Å². The number of carbonyl (C=O) groups is 1. The van der Waals surface area contributed by atoms with Crippen LogP contribution in [-0.4, -0.2) is 37.0 Å². The number of hydrogen-bond acceptors (Lipinski definition) is 3. The van der Waals surface area contributed by atoms with Gasteiger partial charge < -0.3 is 15.2 Å². The zero-order chi connectivity index (χ0) is 15.7. The van der Waals surface area contributed by atoms with Gasteiger partial charge in [-0.25, -0.2) is 0 Å². The van der Waals surface area contributed by atoms with Crippen LogP contribution in [0.4, 0.5) is 18.9 Å². The number of nitrogens with one attached hydrogen (secondary N) is 1. The molecule has 0 spiro atoms. The Morgan fingerprint density at radius 1 is 1.29 bits per heavy atom. The van der Waals surface area contributed by atoms with E-state index in [4.69, 9.17) is 5.11 Å². The molecule has 0 heterocycles. The second-order valence-corrected chi connectivity index (χ2v) is 4.00. The van der Waals surface area contributed by atoms with Gasteiger partial charge in [0.1, 0.15) is 13.2 Å². The maximum Gasteiger partial charge on any atom is 0.411 e. The number of ether oxygens (including phenoxy) is 1. The predicted octanol–water partition coefficient (Wildman–Crippen LogP) is 1.94. The average molecular weight is 301 g/mol. The third-order valence-electron chi connectivity index (χ3n) is 2.22. The molecule has 0 saturated carbocycles. The first-order chi connectivity index (χ1) is 9.90. The normalized spacial score (nSPS) is 10.7. The quantitative estimate of drug-likeness (QED) is 0.645. The van der Waals surface area contributed by atoms with E-state index in [1.165, 1.54) is 0 Å². The number of aliphatic hydroxyl groups excluding tert-OH is 1. The van der Waals surface area contributed by atoms with Crippen LogP contribution in [0, 0.1) is 11.8 Å². The molecule has 1 aromatic carbocycles. The molecule has 0 radical (unpaired) electrons. The molecule has 0 aliphatic carbocycles. The Bertz CT molecular complexity index is 515. The summed E-state index contributed by atoms with van der Waals surface area (Å²) in [7, 11) is 0. The third kappa shape index (κ3) is 7.97. The summed E-state index contributed by atoms with van der Waals surface area (Å²) < 4.78 is 39.7. The van der Waals surface area contributed by atoms with Crippen LogP contribution >= 0.6 is 0 Å². The second-order valence-electron chi connectivity index (χ2n) is 4.00. The van der Waals surface area contributed by atoms with Crippen molar-refractivity contribution in [2.45, 2.75) is 12.6 Å². The van der Waals surface area contributed by atoms with Gasteiger partial charge in [0.15, 0.2) is 0 Å². The van der Waals surface area contributed by atoms with Gasteiger partial charge in [0.25, 0.3) is 0 Å². The largest absolute Gasteiger partial charge is 0.411 e. The molecule has 114 valence electrons. The Balaban J connectivity index is 2.34. The molecule has 0 aliphatic rings. The summed E-state index contributed by atoms with van der Waals surface area (Å²) >= 11 is 0. The molecule has 0 atom stereocenters. The Morgan fingerprint density at radius 3 is 2.52 bits per heavy atom. The summed E-state index contributed by atoms with van der Waals surface area (Å²) in [5.41, 5.74) is 1.18. The SMILES string of the molecule is O=C(CCOCC(F)(F)F)Nc1ccc(C#CCO)cc1. The maximum atomic E-state index is 11.8. The number of rotatable bonds is 5. The van der Waals surface area contributed by atoms with Gasteiger partial charge in [0.2, 0.25) is 5.91 Å². The van der Waals surface area contributed by atoms with E-state index in [9.17, 15) is 18.0 Å². The van der Waals surface area contributed by atoms with Crippen LogP contribution in [0.15, 0.2) is 24.3 Å². The minimum atomic E-state index is -4.39. The maximum absolute atomic E-state index is 11.8. The highest BCUT2D eigenvalue weighted by atomic mass is 19.4. The van der Waals surface area contributed by atoms with Crippen molar-refractivity contribution in [1.29, 1.82) is 0 Å². The van der Waals surface area contributed by atoms with Crippen LogP contribution in [0.2, 0.25) is 0 Å². The number of amides is 1. The monoisotopic (exact) mass is 301 g/mol. The fourth-order valence-electron chi connectivity index (χ4n) is 1.35. The van der Waals surface area contributed by atoms with Gasteiger partial charge in [-0.05, 0) is 24.3 Å². The summed E-state index contributed by atoms with van der Waals surface area (Å²) in [6.07, 6.45) is -4.55. The third-order valence-corrected chi connectivity index (χ3v) is 2.22. The van der Waals surface area contributed by atoms with Crippen molar-refractivity contribution in [1.82, 2.24) is 0 Å². The van der Waals surface area contributed by atoms with E-state index in [0.29, 0.717) is 11.3 Å². The van der Waals surface area contributed by atoms with Gasteiger partial charge in [-0.3, -0.25) is 4.79 Å². The van der Waals surface area contributed by atoms with E-state index in [2.05, 4.69) is 21.9 Å². The summed E-state index contributed by atoms with van der Waals surface area (Å²) in [5.74, 6) is 4.73. The minimum absolute atomic E-state index is 0.165. The van der Waals surface area contributed by atoms with Crippen LogP contribution in [0.1, 0.15) is 12.0 Å². The summed E-state index contributed by atoms with van der Waals surface area (Å²) in [6, 6.07) is 6.52. The van der Waals surface area contributed by atoms with Gasteiger partial charge in [0, 0.05) is 11.3 Å². The Morgan fingerprint density at radius 2 is 1.95 bits per heavy atom. The summed E-state index contributed by atoms with van der Waals surface area (Å²) in [4.78, 5) is 11.5. The molecular formula is C14H14F3NO3. The lowest BCUT2D eigenvalue weighted by Gasteiger charge is -2.08. The standard InChI is InChI=1S/C14H14F3NO3/c15-14(16,17)10-21-9-7-13(20)18-12-5-3-11(4-6-12)2-1-8-19/h3-6,19H,7-10H2,(H,18,20). The Hall–Kier alpha value is -2.04. The number of benzene rings is 1. The molecule has 4 nitrogen and oxygen atoms in total. The van der Waals surface area contributed by atoms with Crippen molar-refractivity contribution in [3.63, 3.8) is 0 Å². The number of aliphatic hydroxyl groups is 1. The van der Waals surface area contributed by atoms with Crippen molar-refractivity contribution in [3.05, 3.63) is 29.8 Å². The zero-order valence-corrected chi connectivity index (χ0v) is 11.0. The van der Waals surface area contributed by atoms with Crippen molar-refractivity contribution < 1.29 is 27.8 Å². The van der Waals surface area contributed by atoms with E-state index in [-0.39, 0.29) is 19.6 Å². The predicted molar refractivity (Wildman–Crippen MR) is 70.5 cm³/mol. The zero-order valence-electron chi connectivity index (χ0n) is 11.0. The topological polar surface area (TPSA) is 58.6 Å². The number of carbonyl (C=O) groups excluding carboxylic acids is 1. The molecule has 0 bridgehead atoms. The Labute approximate surface area is 119 Å². The van der Waals surface area contributed by atoms with Gasteiger partial charge in [-0.1, -0.05) is 11.8 Å². The van der Waals surface area contributed by atoms with E-state index < -0.39 is 18.7 Å². The highest BCUT2D eigenvalue weighted by Gasteiger charge is 2.27. The van der Waals surface area contributed by atoms with Gasteiger partial charge in [-0.2, -0.15) is 13.2 Å². The van der Waals surface area contributed by atoms with Crippen molar-refractivity contribution in [3.8, 4) is 11.8 Å². The molecule has 0 unspecified atom stereocenters. The number of hydrogen-bond donors (Lipinski definition) is 2. The van der Waals surface area contributed by atoms with Crippen LogP contribution in [0.5, 0.6) is 0 Å². The van der Waals surface area contributed by atoms with Crippen molar-refractivity contribution >= 4 is 11.6 Å². The minimum Gasteiger partial charge on any atom is -0.384 e. The van der Waals surface area contributed by atoms with E-state index in [1.54, 1.807) is 24.3 Å². The molecule has 1 rings (SSSR count). The molecule has 2 N–H and O–H groups in total. The highest BCUT2D eigenvalue weighted by Crippen LogP contribution is 2.14. The molecule has 1 amide bonds. The van der Waals surface area contributed by atoms with Crippen LogP contribution in [0.25, 0.3) is 0 Å². The van der Waals surface area contributed by atoms with E-state index >= 15 is 0 Å². The fraction of sp³-hybridized carbons (Fsp3) is 0.357. The highest BCUT2D eigenvalue weighted by molar-refractivity contribution is 5.90. The number of alkyl halides is 3. The molecule has 0 fully saturated rings. The number of halogens is 3. The molecule has 1 aromatic rings. The lowest BCUT2D eigenvalue weighted by molar-refractivity contribution is -0.174. The second kappa shape index (κ2) is 8.29. The fourth-order valence-corrected chi connectivity index (χ4v) is 1.35. The molecule has 0 aliphatic heterocycles. The number of anilines is 1. The Kier molecular flexibility index (Phi) is 6.72. The first-order valence-electron chi connectivity index (χ1n) is 6.05. The molecule has 0 aromatic heterocycles. The van der Waals surface area contributed by atoms with Gasteiger partial charge in [0.05, 0.1) is 13.0 Å². The van der Waals surface area contributed by atoms with E-state index in [1.807, 2.05) is 0 Å². The van der Waals surface area contributed by atoms with Crippen LogP contribution < -0.4 is 5.32 Å². The van der Waals surface area contributed by atoms with Gasteiger partial charge in [-0.15, -0.1) is 0 Å². The first kappa shape index (κ1) is 17.0. The molecule has 21 heavy (non-hydrogen) atoms. The molecule has 0 saturated heterocycles. The smallest absolute Gasteiger partial charge is 0.384 e. The lowest BCUT2D eigenvalue weighted by Crippen LogP contribution is -2.20. The van der Waals surface area contributed by atoms with Crippen LogP contribution in [0.3, 0.4) is 0 Å². The summed E-state index contributed by atoms with van der Waals surface area (Å²) in [5, 5.41) is 11.1. The summed E-state index contributed by atoms with van der Waals surface area (Å²) in [6.45, 7) is -1.90.